The van der Waals surface area contributed by atoms with Crippen LogP contribution in [0.25, 0.3) is 0 Å². The zero-order valence-corrected chi connectivity index (χ0v) is 15.4. The molecule has 0 aliphatic heterocycles. The van der Waals surface area contributed by atoms with Crippen molar-refractivity contribution in [2.75, 3.05) is 17.3 Å². The number of aromatic nitrogens is 1. The summed E-state index contributed by atoms with van der Waals surface area (Å²) in [5, 5.41) is 5.81. The van der Waals surface area contributed by atoms with Crippen molar-refractivity contribution < 1.29 is 14.3 Å². The van der Waals surface area contributed by atoms with Gasteiger partial charge in [-0.2, -0.15) is 0 Å². The van der Waals surface area contributed by atoms with Crippen molar-refractivity contribution in [3.05, 3.63) is 71.2 Å². The third-order valence-electron chi connectivity index (χ3n) is 3.56. The van der Waals surface area contributed by atoms with E-state index in [-0.39, 0.29) is 12.5 Å². The predicted octanol–water partition coefficient (Wildman–Crippen LogP) is 3.82. The van der Waals surface area contributed by atoms with Gasteiger partial charge in [0.1, 0.15) is 0 Å². The molecule has 3 rings (SSSR count). The number of para-hydroxylation sites is 1. The summed E-state index contributed by atoms with van der Waals surface area (Å²) in [6.07, 6.45) is 1.72. The lowest BCUT2D eigenvalue weighted by Crippen LogP contribution is -2.30. The number of anilines is 3. The van der Waals surface area contributed by atoms with E-state index in [1.807, 2.05) is 5.38 Å². The van der Waals surface area contributed by atoms with Crippen LogP contribution >= 0.6 is 11.3 Å². The lowest BCUT2D eigenvalue weighted by Gasteiger charge is -2.12. The average Bonchev–Trinajstić information content (AvgIpc) is 3.20. The number of rotatable bonds is 7. The molecule has 1 amide bonds. The van der Waals surface area contributed by atoms with Crippen LogP contribution in [0.1, 0.15) is 27.6 Å². The number of amides is 1. The normalized spacial score (nSPS) is 10.1. The monoisotopic (exact) mass is 382 g/mol. The first-order chi connectivity index (χ1) is 13.2. The molecule has 0 radical (unpaired) electrons. The van der Waals surface area contributed by atoms with Crippen LogP contribution in [-0.4, -0.2) is 23.5 Å². The van der Waals surface area contributed by atoms with Crippen molar-refractivity contribution in [2.45, 2.75) is 6.92 Å². The fraction of sp³-hybridized carbons (Fsp3) is 0.105. The standard InChI is InChI=1S/C19H18N4O3S/c1-2-26-18(25)15-5-3-4-6-16(15)22-23-17(24)13-7-9-14(10-8-13)21-19-20-11-12-27-19/h3-12,22H,2H2,1H3,(H,20,21)(H,23,24). The number of hydrogen-bond donors (Lipinski definition) is 3. The molecule has 3 aromatic rings. The van der Waals surface area contributed by atoms with E-state index in [0.29, 0.717) is 16.8 Å². The minimum absolute atomic E-state index is 0.279. The highest BCUT2D eigenvalue weighted by molar-refractivity contribution is 7.13. The molecule has 2 aromatic carbocycles. The van der Waals surface area contributed by atoms with Gasteiger partial charge in [-0.15, -0.1) is 11.3 Å². The Labute approximate surface area is 160 Å². The van der Waals surface area contributed by atoms with E-state index in [0.717, 1.165) is 10.8 Å². The molecular weight excluding hydrogens is 364 g/mol. The molecule has 0 fully saturated rings. The summed E-state index contributed by atoms with van der Waals surface area (Å²) < 4.78 is 5.01. The Hall–Kier alpha value is -3.39. The molecule has 0 saturated carbocycles. The molecule has 0 saturated heterocycles. The Bertz CT molecular complexity index is 911. The Kier molecular flexibility index (Phi) is 6.01. The second kappa shape index (κ2) is 8.81. The highest BCUT2D eigenvalue weighted by atomic mass is 32.1. The number of nitrogens with one attached hydrogen (secondary N) is 3. The van der Waals surface area contributed by atoms with Gasteiger partial charge in [0.25, 0.3) is 5.91 Å². The van der Waals surface area contributed by atoms with Crippen molar-refractivity contribution in [3.8, 4) is 0 Å². The quantitative estimate of drug-likeness (QED) is 0.425. The SMILES string of the molecule is CCOC(=O)c1ccccc1NNC(=O)c1ccc(Nc2nccs2)cc1. The van der Waals surface area contributed by atoms with Crippen LogP contribution in [-0.2, 0) is 4.74 Å². The smallest absolute Gasteiger partial charge is 0.340 e. The Morgan fingerprint density at radius 2 is 1.89 bits per heavy atom. The summed E-state index contributed by atoms with van der Waals surface area (Å²) in [6.45, 7) is 2.02. The highest BCUT2D eigenvalue weighted by Crippen LogP contribution is 2.19. The molecule has 3 N–H and O–H groups in total. The number of hydrazine groups is 1. The van der Waals surface area contributed by atoms with Crippen molar-refractivity contribution in [3.63, 3.8) is 0 Å². The molecule has 0 aliphatic carbocycles. The summed E-state index contributed by atoms with van der Waals surface area (Å²) in [6, 6.07) is 13.8. The van der Waals surface area contributed by atoms with Crippen LogP contribution in [0.2, 0.25) is 0 Å². The minimum atomic E-state index is -0.451. The van der Waals surface area contributed by atoms with Crippen molar-refractivity contribution in [1.29, 1.82) is 0 Å². The Morgan fingerprint density at radius 3 is 2.59 bits per heavy atom. The Balaban J connectivity index is 1.62. The first kappa shape index (κ1) is 18.4. The maximum Gasteiger partial charge on any atom is 0.340 e. The van der Waals surface area contributed by atoms with Crippen molar-refractivity contribution in [1.82, 2.24) is 10.4 Å². The number of esters is 1. The van der Waals surface area contributed by atoms with Gasteiger partial charge < -0.3 is 10.1 Å². The zero-order valence-electron chi connectivity index (χ0n) is 14.6. The van der Waals surface area contributed by atoms with E-state index in [4.69, 9.17) is 4.74 Å². The second-order valence-electron chi connectivity index (χ2n) is 5.38. The van der Waals surface area contributed by atoms with E-state index in [1.165, 1.54) is 11.3 Å². The molecule has 0 aliphatic rings. The van der Waals surface area contributed by atoms with Gasteiger partial charge in [-0.3, -0.25) is 15.6 Å². The summed E-state index contributed by atoms with van der Waals surface area (Å²) in [5.41, 5.74) is 7.49. The number of benzene rings is 2. The van der Waals surface area contributed by atoms with E-state index in [9.17, 15) is 9.59 Å². The number of thiazole rings is 1. The molecular formula is C19H18N4O3S. The summed E-state index contributed by atoms with van der Waals surface area (Å²) in [7, 11) is 0. The molecule has 0 bridgehead atoms. The number of nitrogens with zero attached hydrogens (tertiary/aromatic N) is 1. The first-order valence-electron chi connectivity index (χ1n) is 8.26. The highest BCUT2D eigenvalue weighted by Gasteiger charge is 2.13. The molecule has 27 heavy (non-hydrogen) atoms. The third-order valence-corrected chi connectivity index (χ3v) is 4.25. The summed E-state index contributed by atoms with van der Waals surface area (Å²) >= 11 is 1.49. The van der Waals surface area contributed by atoms with Crippen LogP contribution in [0.4, 0.5) is 16.5 Å². The van der Waals surface area contributed by atoms with E-state index in [2.05, 4.69) is 21.2 Å². The van der Waals surface area contributed by atoms with E-state index >= 15 is 0 Å². The van der Waals surface area contributed by atoms with Gasteiger partial charge in [0.15, 0.2) is 5.13 Å². The maximum atomic E-state index is 12.3. The number of carbonyl (C=O) groups excluding carboxylic acids is 2. The van der Waals surface area contributed by atoms with Crippen molar-refractivity contribution >= 4 is 39.7 Å². The lowest BCUT2D eigenvalue weighted by molar-refractivity contribution is 0.0527. The maximum absolute atomic E-state index is 12.3. The van der Waals surface area contributed by atoms with Gasteiger partial charge in [-0.05, 0) is 43.3 Å². The molecule has 0 atom stereocenters. The number of carbonyl (C=O) groups is 2. The molecule has 7 nitrogen and oxygen atoms in total. The topological polar surface area (TPSA) is 92.4 Å². The molecule has 1 aromatic heterocycles. The van der Waals surface area contributed by atoms with Crippen LogP contribution in [0.3, 0.4) is 0 Å². The van der Waals surface area contributed by atoms with Gasteiger partial charge in [-0.25, -0.2) is 9.78 Å². The molecule has 8 heteroatoms. The average molecular weight is 382 g/mol. The van der Waals surface area contributed by atoms with Crippen LogP contribution in [0.15, 0.2) is 60.1 Å². The first-order valence-corrected chi connectivity index (χ1v) is 9.14. The summed E-state index contributed by atoms with van der Waals surface area (Å²) in [4.78, 5) is 28.4. The van der Waals surface area contributed by atoms with Crippen LogP contribution in [0.5, 0.6) is 0 Å². The molecule has 138 valence electrons. The molecule has 0 spiro atoms. The van der Waals surface area contributed by atoms with E-state index < -0.39 is 5.97 Å². The second-order valence-corrected chi connectivity index (χ2v) is 6.28. The number of hydrogen-bond acceptors (Lipinski definition) is 7. The van der Waals surface area contributed by atoms with Gasteiger partial charge >= 0.3 is 5.97 Å². The fourth-order valence-corrected chi connectivity index (χ4v) is 2.84. The fourth-order valence-electron chi connectivity index (χ4n) is 2.29. The zero-order chi connectivity index (χ0) is 19.1. The lowest BCUT2D eigenvalue weighted by atomic mass is 10.2. The van der Waals surface area contributed by atoms with Gasteiger partial charge in [0.2, 0.25) is 0 Å². The van der Waals surface area contributed by atoms with Crippen LogP contribution in [0, 0.1) is 0 Å². The van der Waals surface area contributed by atoms with Gasteiger partial charge in [-0.1, -0.05) is 12.1 Å². The van der Waals surface area contributed by atoms with Gasteiger partial charge in [0.05, 0.1) is 17.9 Å². The summed E-state index contributed by atoms with van der Waals surface area (Å²) in [5.74, 6) is -0.776. The Morgan fingerprint density at radius 1 is 1.11 bits per heavy atom. The van der Waals surface area contributed by atoms with Crippen molar-refractivity contribution in [2.24, 2.45) is 0 Å². The number of ether oxygens (including phenoxy) is 1. The van der Waals surface area contributed by atoms with E-state index in [1.54, 1.807) is 61.7 Å². The minimum Gasteiger partial charge on any atom is -0.462 e. The predicted molar refractivity (Wildman–Crippen MR) is 105 cm³/mol. The third kappa shape index (κ3) is 4.83. The van der Waals surface area contributed by atoms with Crippen LogP contribution < -0.4 is 16.2 Å². The van der Waals surface area contributed by atoms with Gasteiger partial charge in [0, 0.05) is 22.8 Å². The largest absolute Gasteiger partial charge is 0.462 e. The molecule has 0 unspecified atom stereocenters. The molecule has 1 heterocycles.